The maximum Gasteiger partial charge on any atom is 0.138 e. The third kappa shape index (κ3) is 2.31. The first kappa shape index (κ1) is 14.9. The van der Waals surface area contributed by atoms with E-state index in [9.17, 15) is 0 Å². The van der Waals surface area contributed by atoms with Gasteiger partial charge in [0, 0.05) is 22.5 Å². The van der Waals surface area contributed by atoms with Gasteiger partial charge in [-0.05, 0) is 47.9 Å². The van der Waals surface area contributed by atoms with Gasteiger partial charge in [-0.15, -0.1) is 0 Å². The molecule has 2 aromatic heterocycles. The predicted octanol–water partition coefficient (Wildman–Crippen LogP) is 6.62. The molecule has 0 bridgehead atoms. The largest absolute Gasteiger partial charge is 0.456 e. The lowest BCUT2D eigenvalue weighted by atomic mass is 9.97. The summed E-state index contributed by atoms with van der Waals surface area (Å²) in [5, 5.41) is 2.32. The Morgan fingerprint density at radius 3 is 2.42 bits per heavy atom. The minimum Gasteiger partial charge on any atom is -0.456 e. The van der Waals surface area contributed by atoms with E-state index in [0.29, 0.717) is 0 Å². The molecule has 124 valence electrons. The van der Waals surface area contributed by atoms with E-state index in [1.54, 1.807) is 0 Å². The van der Waals surface area contributed by atoms with Gasteiger partial charge in [0.25, 0.3) is 0 Å². The molecule has 26 heavy (non-hydrogen) atoms. The highest BCUT2D eigenvalue weighted by atomic mass is 16.3. The monoisotopic (exact) mass is 335 g/mol. The average molecular weight is 335 g/mol. The molecular formula is C24H17NO. The van der Waals surface area contributed by atoms with E-state index in [4.69, 9.17) is 4.42 Å². The second-order valence-electron chi connectivity index (χ2n) is 6.53. The van der Waals surface area contributed by atoms with Gasteiger partial charge in [-0.3, -0.25) is 4.98 Å². The molecule has 0 aliphatic carbocycles. The number of furan rings is 1. The number of fused-ring (bicyclic) bond motifs is 3. The molecule has 0 amide bonds. The highest BCUT2D eigenvalue weighted by molar-refractivity contribution is 6.13. The SMILES string of the molecule is Cc1ccc(-c2ccccc2)c2c1oc1cc(-c3ccccn3)ccc12. The number of aryl methyl sites for hydroxylation is 1. The number of hydrogen-bond acceptors (Lipinski definition) is 2. The van der Waals surface area contributed by atoms with Crippen LogP contribution < -0.4 is 0 Å². The molecule has 5 aromatic rings. The van der Waals surface area contributed by atoms with Crippen molar-refractivity contribution in [3.8, 4) is 22.4 Å². The molecule has 2 heteroatoms. The van der Waals surface area contributed by atoms with Crippen LogP contribution in [0.25, 0.3) is 44.3 Å². The summed E-state index contributed by atoms with van der Waals surface area (Å²) in [6, 6.07) is 27.1. The van der Waals surface area contributed by atoms with Crippen molar-refractivity contribution >= 4 is 21.9 Å². The maximum absolute atomic E-state index is 6.28. The van der Waals surface area contributed by atoms with Crippen LogP contribution in [0.15, 0.2) is 89.5 Å². The lowest BCUT2D eigenvalue weighted by Gasteiger charge is -2.05. The number of rotatable bonds is 2. The number of hydrogen-bond donors (Lipinski definition) is 0. The minimum absolute atomic E-state index is 0.898. The average Bonchev–Trinajstić information content (AvgIpc) is 3.09. The standard InChI is InChI=1S/C24H17NO/c1-16-10-12-19(17-7-3-2-4-8-17)23-20-13-11-18(15-22(20)26-24(16)23)21-9-5-6-14-25-21/h2-15H,1H3. The van der Waals surface area contributed by atoms with Gasteiger partial charge in [0.1, 0.15) is 11.2 Å². The second kappa shape index (κ2) is 5.85. The number of nitrogens with zero attached hydrogens (tertiary/aromatic N) is 1. The molecule has 3 aromatic carbocycles. The molecule has 5 rings (SSSR count). The minimum atomic E-state index is 0.898. The fourth-order valence-corrected chi connectivity index (χ4v) is 3.56. The fourth-order valence-electron chi connectivity index (χ4n) is 3.56. The van der Waals surface area contributed by atoms with Gasteiger partial charge < -0.3 is 4.42 Å². The summed E-state index contributed by atoms with van der Waals surface area (Å²) in [5.74, 6) is 0. The third-order valence-electron chi connectivity index (χ3n) is 4.86. The van der Waals surface area contributed by atoms with E-state index in [1.807, 2.05) is 30.5 Å². The van der Waals surface area contributed by atoms with Crippen molar-refractivity contribution in [2.75, 3.05) is 0 Å². The highest BCUT2D eigenvalue weighted by Crippen LogP contribution is 2.39. The molecule has 0 aliphatic rings. The first-order chi connectivity index (χ1) is 12.8. The maximum atomic E-state index is 6.28. The van der Waals surface area contributed by atoms with Gasteiger partial charge in [-0.25, -0.2) is 0 Å². The first-order valence-electron chi connectivity index (χ1n) is 8.74. The molecule has 0 radical (unpaired) electrons. The fraction of sp³-hybridized carbons (Fsp3) is 0.0417. The summed E-state index contributed by atoms with van der Waals surface area (Å²) in [4.78, 5) is 4.45. The molecule has 0 saturated heterocycles. The summed E-state index contributed by atoms with van der Waals surface area (Å²) >= 11 is 0. The van der Waals surface area contributed by atoms with Crippen LogP contribution in [-0.4, -0.2) is 4.98 Å². The zero-order chi connectivity index (χ0) is 17.5. The van der Waals surface area contributed by atoms with Crippen molar-refractivity contribution in [2.45, 2.75) is 6.92 Å². The Morgan fingerprint density at radius 2 is 1.62 bits per heavy atom. The topological polar surface area (TPSA) is 26.0 Å². The van der Waals surface area contributed by atoms with Gasteiger partial charge in [-0.1, -0.05) is 54.6 Å². The predicted molar refractivity (Wildman–Crippen MR) is 107 cm³/mol. The van der Waals surface area contributed by atoms with Crippen molar-refractivity contribution < 1.29 is 4.42 Å². The van der Waals surface area contributed by atoms with Crippen LogP contribution in [0.4, 0.5) is 0 Å². The van der Waals surface area contributed by atoms with Crippen LogP contribution in [0.3, 0.4) is 0 Å². The molecular weight excluding hydrogens is 318 g/mol. The zero-order valence-corrected chi connectivity index (χ0v) is 14.4. The first-order valence-corrected chi connectivity index (χ1v) is 8.74. The number of benzene rings is 3. The van der Waals surface area contributed by atoms with E-state index >= 15 is 0 Å². The summed E-state index contributed by atoms with van der Waals surface area (Å²) in [6.45, 7) is 2.10. The lowest BCUT2D eigenvalue weighted by molar-refractivity contribution is 0.666. The van der Waals surface area contributed by atoms with Crippen LogP contribution in [0.5, 0.6) is 0 Å². The molecule has 0 spiro atoms. The summed E-state index contributed by atoms with van der Waals surface area (Å²) < 4.78 is 6.28. The van der Waals surface area contributed by atoms with Crippen molar-refractivity contribution in [1.82, 2.24) is 4.98 Å². The Labute approximate surface area is 151 Å². The van der Waals surface area contributed by atoms with E-state index in [2.05, 4.69) is 66.5 Å². The Hall–Kier alpha value is -3.39. The molecule has 0 fully saturated rings. The number of pyridine rings is 1. The van der Waals surface area contributed by atoms with Crippen molar-refractivity contribution in [3.63, 3.8) is 0 Å². The third-order valence-corrected chi connectivity index (χ3v) is 4.86. The van der Waals surface area contributed by atoms with Crippen LogP contribution in [0, 0.1) is 6.92 Å². The zero-order valence-electron chi connectivity index (χ0n) is 14.4. The van der Waals surface area contributed by atoms with E-state index in [1.165, 1.54) is 16.5 Å². The van der Waals surface area contributed by atoms with Crippen molar-refractivity contribution in [3.05, 3.63) is 90.6 Å². The molecule has 2 heterocycles. The van der Waals surface area contributed by atoms with E-state index in [-0.39, 0.29) is 0 Å². The van der Waals surface area contributed by atoms with Gasteiger partial charge >= 0.3 is 0 Å². The molecule has 0 saturated carbocycles. The number of aromatic nitrogens is 1. The highest BCUT2D eigenvalue weighted by Gasteiger charge is 2.15. The molecule has 0 aliphatic heterocycles. The van der Waals surface area contributed by atoms with Gasteiger partial charge in [-0.2, -0.15) is 0 Å². The van der Waals surface area contributed by atoms with Crippen LogP contribution in [-0.2, 0) is 0 Å². The van der Waals surface area contributed by atoms with E-state index < -0.39 is 0 Å². The normalized spacial score (nSPS) is 11.3. The Balaban J connectivity index is 1.81. The summed E-state index contributed by atoms with van der Waals surface area (Å²) in [7, 11) is 0. The summed E-state index contributed by atoms with van der Waals surface area (Å²) in [6.07, 6.45) is 1.82. The van der Waals surface area contributed by atoms with E-state index in [0.717, 1.165) is 33.4 Å². The molecule has 0 unspecified atom stereocenters. The second-order valence-corrected chi connectivity index (χ2v) is 6.53. The van der Waals surface area contributed by atoms with Gasteiger partial charge in [0.15, 0.2) is 0 Å². The van der Waals surface area contributed by atoms with Gasteiger partial charge in [0.2, 0.25) is 0 Å². The van der Waals surface area contributed by atoms with Crippen LogP contribution in [0.2, 0.25) is 0 Å². The quantitative estimate of drug-likeness (QED) is 0.362. The smallest absolute Gasteiger partial charge is 0.138 e. The van der Waals surface area contributed by atoms with Crippen LogP contribution in [0.1, 0.15) is 5.56 Å². The molecule has 0 atom stereocenters. The Kier molecular flexibility index (Phi) is 3.36. The van der Waals surface area contributed by atoms with Crippen molar-refractivity contribution in [2.24, 2.45) is 0 Å². The molecule has 2 nitrogen and oxygen atoms in total. The van der Waals surface area contributed by atoms with Crippen molar-refractivity contribution in [1.29, 1.82) is 0 Å². The Morgan fingerprint density at radius 1 is 0.769 bits per heavy atom. The Bertz CT molecular complexity index is 1220. The summed E-state index contributed by atoms with van der Waals surface area (Å²) in [5.41, 5.74) is 7.43. The molecule has 0 N–H and O–H groups in total. The van der Waals surface area contributed by atoms with Gasteiger partial charge in [0.05, 0.1) is 5.69 Å². The lowest BCUT2D eigenvalue weighted by Crippen LogP contribution is -1.82. The van der Waals surface area contributed by atoms with Crippen LogP contribution >= 0.6 is 0 Å².